The van der Waals surface area contributed by atoms with E-state index in [1.54, 1.807) is 12.3 Å². The topological polar surface area (TPSA) is 93.0 Å². The number of aromatic nitrogens is 4. The van der Waals surface area contributed by atoms with Gasteiger partial charge in [0.05, 0.1) is 33.5 Å². The molecule has 8 nitrogen and oxygen atoms in total. The molecular weight excluding hydrogens is 569 g/mol. The van der Waals surface area contributed by atoms with E-state index in [1.165, 1.54) is 14.0 Å². The largest absolute Gasteiger partial charge is 0.336 e. The molecule has 0 spiro atoms. The van der Waals surface area contributed by atoms with Crippen LogP contribution in [0.5, 0.6) is 0 Å². The van der Waals surface area contributed by atoms with E-state index in [1.807, 2.05) is 64.1 Å². The predicted octanol–water partition coefficient (Wildman–Crippen LogP) is 6.03. The minimum absolute atomic E-state index is 0.0803. The number of likely N-dealkylation sites (tertiary alicyclic amines) is 1. The molecule has 0 bridgehead atoms. The van der Waals surface area contributed by atoms with Gasteiger partial charge in [-0.05, 0) is 60.2 Å². The van der Waals surface area contributed by atoms with Gasteiger partial charge in [0, 0.05) is 36.5 Å². The lowest BCUT2D eigenvalue weighted by atomic mass is 9.95. The summed E-state index contributed by atoms with van der Waals surface area (Å²) < 4.78 is 16.4. The van der Waals surface area contributed by atoms with Gasteiger partial charge in [-0.1, -0.05) is 56.3 Å². The van der Waals surface area contributed by atoms with Crippen LogP contribution in [0.15, 0.2) is 70.7 Å². The fraction of sp³-hybridized carbons (Fsp3) is 0.273. The summed E-state index contributed by atoms with van der Waals surface area (Å²) >= 11 is 7.00. The normalized spacial score (nSPS) is 13.7. The highest BCUT2D eigenvalue weighted by molar-refractivity contribution is 6.34. The number of benzene rings is 3. The number of H-pyrrole nitrogens is 1. The van der Waals surface area contributed by atoms with Crippen molar-refractivity contribution in [1.82, 2.24) is 24.2 Å². The third-order valence-corrected chi connectivity index (χ3v) is 8.67. The second kappa shape index (κ2) is 10.6. The van der Waals surface area contributed by atoms with Crippen molar-refractivity contribution >= 4 is 39.4 Å². The van der Waals surface area contributed by atoms with Crippen LogP contribution in [-0.2, 0) is 11.3 Å². The zero-order chi connectivity index (χ0) is 30.7. The fourth-order valence-corrected chi connectivity index (χ4v) is 6.44. The van der Waals surface area contributed by atoms with Gasteiger partial charge in [0.1, 0.15) is 0 Å². The van der Waals surface area contributed by atoms with Crippen molar-refractivity contribution < 1.29 is 9.18 Å². The molecule has 0 saturated carbocycles. The number of rotatable bonds is 6. The molecule has 6 rings (SSSR count). The summed E-state index contributed by atoms with van der Waals surface area (Å²) in [5.41, 5.74) is 5.52. The number of hydrogen-bond acceptors (Lipinski definition) is 4. The van der Waals surface area contributed by atoms with Gasteiger partial charge in [0.25, 0.3) is 5.91 Å². The summed E-state index contributed by atoms with van der Waals surface area (Å²) in [5.74, 6) is -1.85. The number of nitrogens with zero attached hydrogens (tertiary/aromatic N) is 4. The zero-order valence-corrected chi connectivity index (χ0v) is 25.1. The quantitative estimate of drug-likeness (QED) is 0.190. The molecule has 1 saturated heterocycles. The number of carbonyl (C=O) groups is 1. The van der Waals surface area contributed by atoms with Gasteiger partial charge in [-0.2, -0.15) is 5.10 Å². The first kappa shape index (κ1) is 28.6. The van der Waals surface area contributed by atoms with Crippen molar-refractivity contribution in [1.29, 1.82) is 0 Å². The molecule has 5 aromatic rings. The highest BCUT2D eigenvalue weighted by atomic mass is 35.5. The molecule has 3 aromatic carbocycles. The minimum Gasteiger partial charge on any atom is -0.336 e. The highest BCUT2D eigenvalue weighted by Gasteiger charge is 2.33. The second-order valence-corrected chi connectivity index (χ2v) is 12.0. The van der Waals surface area contributed by atoms with Crippen LogP contribution >= 0.6 is 11.6 Å². The van der Waals surface area contributed by atoms with E-state index in [0.29, 0.717) is 27.3 Å². The Kier molecular flexibility index (Phi) is 7.08. The number of amides is 1. The molecule has 1 aliphatic rings. The summed E-state index contributed by atoms with van der Waals surface area (Å²) in [4.78, 5) is 41.3. The molecular formula is C33H31ClFN5O3. The Labute approximate surface area is 252 Å². The van der Waals surface area contributed by atoms with Crippen molar-refractivity contribution in [3.63, 3.8) is 0 Å². The summed E-state index contributed by atoms with van der Waals surface area (Å²) in [6.07, 6.45) is 1.75. The standard InChI is InChI=1S/C33H31ClFN5O3/c1-17(2)22-8-6-7-19(4)30(22)40-28-11-23(29-18(3)9-10-26-24(29)13-36-37-26)25(34)12-27(28)39(32(42)33(40)43)16-21-14-38(15-21)31(41)20(5)35/h6-13,17,21H,5,14-16H2,1-4H3,(H,36,37). The molecule has 1 aliphatic heterocycles. The molecule has 3 heterocycles. The van der Waals surface area contributed by atoms with Gasteiger partial charge >= 0.3 is 11.1 Å². The summed E-state index contributed by atoms with van der Waals surface area (Å²) in [7, 11) is 0. The van der Waals surface area contributed by atoms with E-state index >= 15 is 0 Å². The van der Waals surface area contributed by atoms with Crippen LogP contribution in [0.25, 0.3) is 38.8 Å². The van der Waals surface area contributed by atoms with Gasteiger partial charge in [-0.15, -0.1) is 0 Å². The van der Waals surface area contributed by atoms with E-state index in [2.05, 4.69) is 16.8 Å². The Balaban J connectivity index is 1.64. The maximum atomic E-state index is 14.1. The molecule has 0 unspecified atom stereocenters. The maximum absolute atomic E-state index is 14.1. The highest BCUT2D eigenvalue weighted by Crippen LogP contribution is 2.39. The van der Waals surface area contributed by atoms with Crippen molar-refractivity contribution in [3.8, 4) is 16.8 Å². The number of carbonyl (C=O) groups excluding carboxylic acids is 1. The molecule has 0 aliphatic carbocycles. The number of para-hydroxylation sites is 1. The second-order valence-electron chi connectivity index (χ2n) is 11.6. The van der Waals surface area contributed by atoms with Crippen LogP contribution in [-0.4, -0.2) is 43.2 Å². The number of aromatic amines is 1. The molecule has 2 aromatic heterocycles. The molecule has 10 heteroatoms. The van der Waals surface area contributed by atoms with E-state index < -0.39 is 22.9 Å². The first-order valence-corrected chi connectivity index (χ1v) is 14.5. The van der Waals surface area contributed by atoms with E-state index in [-0.39, 0.29) is 31.5 Å². The number of hydrogen-bond donors (Lipinski definition) is 1. The van der Waals surface area contributed by atoms with Crippen molar-refractivity contribution in [2.24, 2.45) is 5.92 Å². The third-order valence-electron chi connectivity index (χ3n) is 8.36. The first-order valence-electron chi connectivity index (χ1n) is 14.1. The van der Waals surface area contributed by atoms with Gasteiger partial charge in [-0.3, -0.25) is 24.0 Å². The monoisotopic (exact) mass is 599 g/mol. The van der Waals surface area contributed by atoms with Gasteiger partial charge in [-0.25, -0.2) is 4.39 Å². The Morgan fingerprint density at radius 2 is 1.84 bits per heavy atom. The van der Waals surface area contributed by atoms with Crippen LogP contribution in [0.4, 0.5) is 4.39 Å². The maximum Gasteiger partial charge on any atom is 0.321 e. The fourth-order valence-electron chi connectivity index (χ4n) is 6.19. The number of halogens is 2. The van der Waals surface area contributed by atoms with Crippen LogP contribution in [0.2, 0.25) is 5.02 Å². The Bertz CT molecular complexity index is 2080. The molecule has 220 valence electrons. The van der Waals surface area contributed by atoms with E-state index in [9.17, 15) is 18.8 Å². The summed E-state index contributed by atoms with van der Waals surface area (Å²) in [6.45, 7) is 11.8. The lowest BCUT2D eigenvalue weighted by Crippen LogP contribution is -2.53. The Hall–Kier alpha value is -4.50. The number of fused-ring (bicyclic) bond motifs is 2. The van der Waals surface area contributed by atoms with Crippen LogP contribution in [0.3, 0.4) is 0 Å². The first-order chi connectivity index (χ1) is 20.5. The smallest absolute Gasteiger partial charge is 0.321 e. The molecule has 43 heavy (non-hydrogen) atoms. The predicted molar refractivity (Wildman–Crippen MR) is 168 cm³/mol. The Morgan fingerprint density at radius 3 is 2.53 bits per heavy atom. The average Bonchev–Trinajstić information content (AvgIpc) is 3.41. The van der Waals surface area contributed by atoms with E-state index in [4.69, 9.17) is 11.6 Å². The van der Waals surface area contributed by atoms with E-state index in [0.717, 1.165) is 33.2 Å². The summed E-state index contributed by atoms with van der Waals surface area (Å²) in [6, 6.07) is 13.4. The van der Waals surface area contributed by atoms with Crippen LogP contribution in [0.1, 0.15) is 36.5 Å². The van der Waals surface area contributed by atoms with Gasteiger partial charge < -0.3 is 9.47 Å². The average molecular weight is 600 g/mol. The molecule has 0 radical (unpaired) electrons. The van der Waals surface area contributed by atoms with Gasteiger partial charge in [0.15, 0.2) is 5.83 Å². The van der Waals surface area contributed by atoms with Crippen LogP contribution < -0.4 is 11.1 Å². The van der Waals surface area contributed by atoms with Gasteiger partial charge in [0.2, 0.25) is 0 Å². The summed E-state index contributed by atoms with van der Waals surface area (Å²) in [5, 5.41) is 8.52. The molecule has 1 N–H and O–H groups in total. The molecule has 1 amide bonds. The van der Waals surface area contributed by atoms with Crippen LogP contribution in [0, 0.1) is 19.8 Å². The molecule has 0 atom stereocenters. The van der Waals surface area contributed by atoms with Crippen molar-refractivity contribution in [3.05, 3.63) is 103 Å². The zero-order valence-electron chi connectivity index (χ0n) is 24.4. The lowest BCUT2D eigenvalue weighted by molar-refractivity contribution is -0.135. The number of aryl methyl sites for hydroxylation is 2. The van der Waals surface area contributed by atoms with Crippen molar-refractivity contribution in [2.75, 3.05) is 13.1 Å². The van der Waals surface area contributed by atoms with Crippen molar-refractivity contribution in [2.45, 2.75) is 40.2 Å². The molecule has 1 fully saturated rings. The Morgan fingerprint density at radius 1 is 1.09 bits per heavy atom. The minimum atomic E-state index is -1.02. The SMILES string of the molecule is C=C(F)C(=O)N1CC(Cn2c(=O)c(=O)n(-c3c(C)cccc3C(C)C)c3cc(-c4c(C)ccc5[nH]ncc45)c(Cl)cc32)C1. The third kappa shape index (κ3) is 4.68. The number of nitrogens with one attached hydrogen (secondary N) is 1. The lowest BCUT2D eigenvalue weighted by Gasteiger charge is -2.39.